The Bertz CT molecular complexity index is 674. The summed E-state index contributed by atoms with van der Waals surface area (Å²) >= 11 is 7.30. The summed E-state index contributed by atoms with van der Waals surface area (Å²) in [7, 11) is 0. The number of imidazole rings is 1. The van der Waals surface area contributed by atoms with Crippen LogP contribution in [-0.2, 0) is 15.3 Å². The van der Waals surface area contributed by atoms with E-state index in [1.807, 2.05) is 16.7 Å². The molecule has 0 aliphatic heterocycles. The Labute approximate surface area is 130 Å². The van der Waals surface area contributed by atoms with Crippen LogP contribution >= 0.6 is 23.4 Å². The molecule has 0 bridgehead atoms. The summed E-state index contributed by atoms with van der Waals surface area (Å²) < 4.78 is 1.82. The predicted octanol–water partition coefficient (Wildman–Crippen LogP) is 1.81. The van der Waals surface area contributed by atoms with Gasteiger partial charge < -0.3 is 14.8 Å². The molecule has 2 rings (SSSR count). The van der Waals surface area contributed by atoms with E-state index in [0.717, 1.165) is 11.3 Å². The lowest BCUT2D eigenvalue weighted by Crippen LogP contribution is -2.41. The number of carbonyl (C=O) groups excluding carboxylic acids is 1. The number of carbonyl (C=O) groups is 2. The van der Waals surface area contributed by atoms with Crippen molar-refractivity contribution in [1.29, 1.82) is 0 Å². The van der Waals surface area contributed by atoms with Gasteiger partial charge in [0.05, 0.1) is 10.7 Å². The van der Waals surface area contributed by atoms with Crippen molar-refractivity contribution in [1.82, 2.24) is 14.7 Å². The summed E-state index contributed by atoms with van der Waals surface area (Å²) in [5, 5.41) is 12.0. The Balaban J connectivity index is 1.94. The van der Waals surface area contributed by atoms with E-state index in [1.165, 1.54) is 18.7 Å². The fourth-order valence-corrected chi connectivity index (χ4v) is 2.88. The molecule has 0 fully saturated rings. The molecule has 2 aromatic heterocycles. The molecule has 21 heavy (non-hydrogen) atoms. The zero-order valence-electron chi connectivity index (χ0n) is 11.2. The zero-order valence-corrected chi connectivity index (χ0v) is 12.8. The second-order valence-corrected chi connectivity index (χ2v) is 5.92. The van der Waals surface area contributed by atoms with Crippen molar-refractivity contribution < 1.29 is 14.7 Å². The smallest absolute Gasteiger partial charge is 0.327 e. The number of thioether (sulfide) groups is 1. The SMILES string of the molecule is CC(=O)NC(CSCc1cn2cc(Cl)ccc2n1)C(=O)O. The van der Waals surface area contributed by atoms with Gasteiger partial charge in [0.15, 0.2) is 0 Å². The predicted molar refractivity (Wildman–Crippen MR) is 81.6 cm³/mol. The van der Waals surface area contributed by atoms with E-state index >= 15 is 0 Å². The number of rotatable bonds is 6. The normalized spacial score (nSPS) is 12.3. The summed E-state index contributed by atoms with van der Waals surface area (Å²) in [4.78, 5) is 26.3. The van der Waals surface area contributed by atoms with E-state index in [9.17, 15) is 9.59 Å². The quantitative estimate of drug-likeness (QED) is 0.845. The average Bonchev–Trinajstić information content (AvgIpc) is 2.78. The number of hydrogen-bond donors (Lipinski definition) is 2. The summed E-state index contributed by atoms with van der Waals surface area (Å²) in [6.45, 7) is 1.30. The fraction of sp³-hybridized carbons (Fsp3) is 0.308. The van der Waals surface area contributed by atoms with Gasteiger partial charge >= 0.3 is 5.97 Å². The number of aliphatic carboxylic acids is 1. The van der Waals surface area contributed by atoms with Crippen molar-refractivity contribution in [3.63, 3.8) is 0 Å². The van der Waals surface area contributed by atoms with Crippen molar-refractivity contribution in [2.45, 2.75) is 18.7 Å². The molecule has 0 aromatic carbocycles. The molecule has 112 valence electrons. The molecule has 2 aromatic rings. The molecule has 0 aliphatic carbocycles. The van der Waals surface area contributed by atoms with Crippen LogP contribution in [0.1, 0.15) is 12.6 Å². The number of pyridine rings is 1. The first-order valence-electron chi connectivity index (χ1n) is 6.16. The summed E-state index contributed by atoms with van der Waals surface area (Å²) in [6, 6.07) is 2.69. The minimum absolute atomic E-state index is 0.281. The minimum atomic E-state index is -1.04. The van der Waals surface area contributed by atoms with Crippen LogP contribution in [0.5, 0.6) is 0 Å². The number of fused-ring (bicyclic) bond motifs is 1. The standard InChI is InChI=1S/C13H14ClN3O3S/c1-8(18)15-11(13(19)20)7-21-6-10-5-17-4-9(14)2-3-12(17)16-10/h2-5,11H,6-7H2,1H3,(H,15,18)(H,19,20). The van der Waals surface area contributed by atoms with Gasteiger partial charge in [-0.25, -0.2) is 9.78 Å². The third kappa shape index (κ3) is 4.37. The van der Waals surface area contributed by atoms with E-state index in [2.05, 4.69) is 10.3 Å². The lowest BCUT2D eigenvalue weighted by Gasteiger charge is -2.11. The number of carboxylic acids is 1. The molecule has 0 aliphatic rings. The average molecular weight is 328 g/mol. The van der Waals surface area contributed by atoms with Crippen LogP contribution in [0.15, 0.2) is 24.5 Å². The number of halogens is 1. The molecule has 0 saturated carbocycles. The molecule has 2 N–H and O–H groups in total. The molecule has 0 radical (unpaired) electrons. The second kappa shape index (κ2) is 6.82. The van der Waals surface area contributed by atoms with Crippen LogP contribution in [0.3, 0.4) is 0 Å². The third-order valence-corrected chi connectivity index (χ3v) is 3.97. The molecule has 0 spiro atoms. The Kier molecular flexibility index (Phi) is 5.08. The molecule has 8 heteroatoms. The number of carboxylic acid groups (broad SMARTS) is 1. The van der Waals surface area contributed by atoms with Crippen molar-refractivity contribution in [2.75, 3.05) is 5.75 Å². The number of amides is 1. The molecule has 2 heterocycles. The maximum Gasteiger partial charge on any atom is 0.327 e. The van der Waals surface area contributed by atoms with Crippen LogP contribution in [0, 0.1) is 0 Å². The lowest BCUT2D eigenvalue weighted by atomic mass is 10.3. The topological polar surface area (TPSA) is 83.7 Å². The van der Waals surface area contributed by atoms with E-state index in [-0.39, 0.29) is 11.7 Å². The van der Waals surface area contributed by atoms with Gasteiger partial charge in [-0.15, -0.1) is 0 Å². The van der Waals surface area contributed by atoms with Crippen molar-refractivity contribution in [3.8, 4) is 0 Å². The fourth-order valence-electron chi connectivity index (χ4n) is 1.79. The minimum Gasteiger partial charge on any atom is -0.480 e. The van der Waals surface area contributed by atoms with Gasteiger partial charge in [0.1, 0.15) is 11.7 Å². The third-order valence-electron chi connectivity index (χ3n) is 2.67. The Morgan fingerprint density at radius 2 is 2.24 bits per heavy atom. The highest BCUT2D eigenvalue weighted by molar-refractivity contribution is 7.98. The van der Waals surface area contributed by atoms with Gasteiger partial charge in [0.2, 0.25) is 5.91 Å². The van der Waals surface area contributed by atoms with Gasteiger partial charge in [0, 0.05) is 30.8 Å². The van der Waals surface area contributed by atoms with Crippen LogP contribution < -0.4 is 5.32 Å². The van der Waals surface area contributed by atoms with E-state index < -0.39 is 12.0 Å². The highest BCUT2D eigenvalue weighted by Crippen LogP contribution is 2.16. The molecule has 6 nitrogen and oxygen atoms in total. The zero-order chi connectivity index (χ0) is 15.4. The van der Waals surface area contributed by atoms with Crippen molar-refractivity contribution >= 4 is 40.9 Å². The lowest BCUT2D eigenvalue weighted by molar-refractivity contribution is -0.140. The summed E-state index contributed by atoms with van der Waals surface area (Å²) in [5.74, 6) is -0.559. The molecule has 1 unspecified atom stereocenters. The van der Waals surface area contributed by atoms with Gasteiger partial charge in [-0.05, 0) is 12.1 Å². The van der Waals surface area contributed by atoms with E-state index in [1.54, 1.807) is 12.3 Å². The number of nitrogens with zero attached hydrogens (tertiary/aromatic N) is 2. The van der Waals surface area contributed by atoms with Gasteiger partial charge in [-0.1, -0.05) is 11.6 Å². The molecule has 1 atom stereocenters. The maximum atomic E-state index is 11.0. The van der Waals surface area contributed by atoms with E-state index in [0.29, 0.717) is 10.8 Å². The van der Waals surface area contributed by atoms with Crippen molar-refractivity contribution in [3.05, 3.63) is 35.2 Å². The first-order valence-corrected chi connectivity index (χ1v) is 7.70. The number of hydrogen-bond acceptors (Lipinski definition) is 4. The molecule has 1 amide bonds. The van der Waals surface area contributed by atoms with Crippen LogP contribution in [-0.4, -0.2) is 38.2 Å². The first kappa shape index (κ1) is 15.7. The van der Waals surface area contributed by atoms with Crippen molar-refractivity contribution in [2.24, 2.45) is 0 Å². The molecular formula is C13H14ClN3O3S. The van der Waals surface area contributed by atoms with Gasteiger partial charge in [-0.3, -0.25) is 4.79 Å². The summed E-state index contributed by atoms with van der Waals surface area (Å²) in [5.41, 5.74) is 1.61. The molecular weight excluding hydrogens is 314 g/mol. The van der Waals surface area contributed by atoms with Crippen LogP contribution in [0.25, 0.3) is 5.65 Å². The Morgan fingerprint density at radius 1 is 1.48 bits per heavy atom. The number of aromatic nitrogens is 2. The summed E-state index contributed by atoms with van der Waals surface area (Å²) in [6.07, 6.45) is 3.61. The Hall–Kier alpha value is -1.73. The highest BCUT2D eigenvalue weighted by Gasteiger charge is 2.18. The van der Waals surface area contributed by atoms with E-state index in [4.69, 9.17) is 16.7 Å². The monoisotopic (exact) mass is 327 g/mol. The Morgan fingerprint density at radius 3 is 2.90 bits per heavy atom. The first-order chi connectivity index (χ1) is 9.95. The number of nitrogens with one attached hydrogen (secondary N) is 1. The molecule has 0 saturated heterocycles. The van der Waals surface area contributed by atoms with Crippen LogP contribution in [0.4, 0.5) is 0 Å². The maximum absolute atomic E-state index is 11.0. The van der Waals surface area contributed by atoms with Gasteiger partial charge in [-0.2, -0.15) is 11.8 Å². The highest BCUT2D eigenvalue weighted by atomic mass is 35.5. The largest absolute Gasteiger partial charge is 0.480 e. The van der Waals surface area contributed by atoms with Crippen LogP contribution in [0.2, 0.25) is 5.02 Å². The second-order valence-electron chi connectivity index (χ2n) is 4.45. The van der Waals surface area contributed by atoms with Gasteiger partial charge in [0.25, 0.3) is 0 Å².